The van der Waals surface area contributed by atoms with E-state index in [4.69, 9.17) is 5.73 Å². The predicted octanol–water partition coefficient (Wildman–Crippen LogP) is 3.22. The molecule has 1 heterocycles. The minimum Gasteiger partial charge on any atom is -0.320 e. The third kappa shape index (κ3) is 4.43. The summed E-state index contributed by atoms with van der Waals surface area (Å²) in [6, 6.07) is 7.61. The Bertz CT molecular complexity index is 943. The zero-order valence-corrected chi connectivity index (χ0v) is 14.9. The van der Waals surface area contributed by atoms with Gasteiger partial charge in [-0.25, -0.2) is 8.78 Å². The van der Waals surface area contributed by atoms with Gasteiger partial charge in [0.05, 0.1) is 17.1 Å². The molecule has 0 fully saturated rings. The zero-order valence-electron chi connectivity index (χ0n) is 14.9. The number of aromatic nitrogens is 2. The Kier molecular flexibility index (Phi) is 5.71. The van der Waals surface area contributed by atoms with Crippen LogP contribution in [0.25, 0.3) is 11.0 Å². The van der Waals surface area contributed by atoms with Crippen molar-refractivity contribution in [1.29, 1.82) is 0 Å². The van der Waals surface area contributed by atoms with E-state index in [1.54, 1.807) is 35.5 Å². The molecule has 0 spiro atoms. The van der Waals surface area contributed by atoms with Gasteiger partial charge >= 0.3 is 0 Å². The monoisotopic (exact) mass is 370 g/mol. The number of nitrogens with two attached hydrogens (primary N) is 1. The smallest absolute Gasteiger partial charge is 0.244 e. The Hall–Kier alpha value is -2.93. The molecule has 27 heavy (non-hydrogen) atoms. The number of carbonyl (C=O) groups is 1. The van der Waals surface area contributed by atoms with Crippen LogP contribution in [0.2, 0.25) is 0 Å². The van der Waals surface area contributed by atoms with Crippen molar-refractivity contribution in [3.05, 3.63) is 66.0 Å². The number of hydrogen-bond donors (Lipinski definition) is 1. The molecule has 0 saturated heterocycles. The fourth-order valence-corrected chi connectivity index (χ4v) is 2.98. The number of amides is 1. The van der Waals surface area contributed by atoms with Crippen molar-refractivity contribution >= 4 is 22.6 Å². The molecule has 0 saturated carbocycles. The average Bonchev–Trinajstić information content (AvgIpc) is 2.64. The van der Waals surface area contributed by atoms with E-state index in [1.165, 1.54) is 12.1 Å². The third-order valence-electron chi connectivity index (χ3n) is 4.17. The van der Waals surface area contributed by atoms with Gasteiger partial charge in [0, 0.05) is 30.7 Å². The Morgan fingerprint density at radius 1 is 1.07 bits per heavy atom. The normalized spacial score (nSPS) is 12.1. The number of carbonyl (C=O) groups excluding carboxylic acids is 1. The number of rotatable bonds is 6. The fourth-order valence-electron chi connectivity index (χ4n) is 2.98. The molecule has 1 amide bonds. The average molecular weight is 370 g/mol. The van der Waals surface area contributed by atoms with Gasteiger partial charge in [-0.3, -0.25) is 14.8 Å². The summed E-state index contributed by atoms with van der Waals surface area (Å²) in [6.07, 6.45) is 3.96. The van der Waals surface area contributed by atoms with Crippen LogP contribution < -0.4 is 10.6 Å². The molecular formula is C20H20F2N4O. The first-order chi connectivity index (χ1) is 13.0. The molecule has 0 unspecified atom stereocenters. The number of benzene rings is 2. The lowest BCUT2D eigenvalue weighted by atomic mass is 10.0. The molecule has 0 bridgehead atoms. The molecule has 1 atom stereocenters. The minimum atomic E-state index is -0.921. The standard InChI is InChI=1S/C20H20F2N4O/c1-2-7-26(16-3-4-18-19(12-16)25-6-5-24-18)20(27)17(23)10-13-8-14(21)11-15(22)9-13/h3-6,8-9,11-12,17H,2,7,10,23H2,1H3/t17-/m0/s1. The molecule has 0 aliphatic carbocycles. The Balaban J connectivity index is 1.84. The highest BCUT2D eigenvalue weighted by Gasteiger charge is 2.23. The molecule has 0 aliphatic rings. The third-order valence-corrected chi connectivity index (χ3v) is 4.17. The van der Waals surface area contributed by atoms with Gasteiger partial charge in [0.2, 0.25) is 5.91 Å². The Labute approximate surface area is 155 Å². The second kappa shape index (κ2) is 8.18. The van der Waals surface area contributed by atoms with Crippen molar-refractivity contribution in [1.82, 2.24) is 9.97 Å². The molecule has 140 valence electrons. The number of hydrogen-bond acceptors (Lipinski definition) is 4. The van der Waals surface area contributed by atoms with Gasteiger partial charge in [-0.1, -0.05) is 6.92 Å². The molecule has 7 heteroatoms. The van der Waals surface area contributed by atoms with Gasteiger partial charge in [0.1, 0.15) is 11.6 Å². The molecule has 5 nitrogen and oxygen atoms in total. The largest absolute Gasteiger partial charge is 0.320 e. The summed E-state index contributed by atoms with van der Waals surface area (Å²) >= 11 is 0. The highest BCUT2D eigenvalue weighted by atomic mass is 19.1. The summed E-state index contributed by atoms with van der Waals surface area (Å²) in [7, 11) is 0. The van der Waals surface area contributed by atoms with Gasteiger partial charge in [-0.2, -0.15) is 0 Å². The molecular weight excluding hydrogens is 350 g/mol. The first-order valence-electron chi connectivity index (χ1n) is 8.70. The number of nitrogens with zero attached hydrogens (tertiary/aromatic N) is 3. The summed E-state index contributed by atoms with van der Waals surface area (Å²) in [5.74, 6) is -1.70. The quantitative estimate of drug-likeness (QED) is 0.723. The number of anilines is 1. The first-order valence-corrected chi connectivity index (χ1v) is 8.70. The van der Waals surface area contributed by atoms with E-state index in [9.17, 15) is 13.6 Å². The molecule has 1 aromatic heterocycles. The van der Waals surface area contributed by atoms with Crippen molar-refractivity contribution in [3.8, 4) is 0 Å². The van der Waals surface area contributed by atoms with Crippen LogP contribution in [-0.4, -0.2) is 28.5 Å². The molecule has 3 rings (SSSR count). The van der Waals surface area contributed by atoms with Crippen molar-refractivity contribution in [2.45, 2.75) is 25.8 Å². The maximum absolute atomic E-state index is 13.4. The number of halogens is 2. The zero-order chi connectivity index (χ0) is 19.4. The Morgan fingerprint density at radius 3 is 2.41 bits per heavy atom. The molecule has 3 aromatic rings. The Morgan fingerprint density at radius 2 is 1.74 bits per heavy atom. The van der Waals surface area contributed by atoms with Gasteiger partial charge in [-0.15, -0.1) is 0 Å². The van der Waals surface area contributed by atoms with E-state index in [2.05, 4.69) is 9.97 Å². The molecule has 0 aliphatic heterocycles. The lowest BCUT2D eigenvalue weighted by Crippen LogP contribution is -2.45. The molecule has 0 radical (unpaired) electrons. The lowest BCUT2D eigenvalue weighted by molar-refractivity contribution is -0.119. The highest BCUT2D eigenvalue weighted by molar-refractivity contribution is 5.98. The van der Waals surface area contributed by atoms with Gasteiger partial charge in [-0.05, 0) is 48.7 Å². The topological polar surface area (TPSA) is 72.1 Å². The van der Waals surface area contributed by atoms with Crippen molar-refractivity contribution in [3.63, 3.8) is 0 Å². The van der Waals surface area contributed by atoms with Crippen molar-refractivity contribution in [2.24, 2.45) is 5.73 Å². The summed E-state index contributed by atoms with van der Waals surface area (Å²) in [5.41, 5.74) is 8.47. The lowest BCUT2D eigenvalue weighted by Gasteiger charge is -2.25. The predicted molar refractivity (Wildman–Crippen MR) is 100 cm³/mol. The minimum absolute atomic E-state index is 0.0428. The SMILES string of the molecule is CCCN(C(=O)[C@@H](N)Cc1cc(F)cc(F)c1)c1ccc2nccnc2c1. The first kappa shape index (κ1) is 18.8. The van der Waals surface area contributed by atoms with E-state index in [0.29, 0.717) is 23.3 Å². The van der Waals surface area contributed by atoms with Crippen molar-refractivity contribution in [2.75, 3.05) is 11.4 Å². The van der Waals surface area contributed by atoms with Crippen LogP contribution in [0.15, 0.2) is 48.8 Å². The summed E-state index contributed by atoms with van der Waals surface area (Å²) in [5, 5.41) is 0. The summed E-state index contributed by atoms with van der Waals surface area (Å²) < 4.78 is 26.8. The van der Waals surface area contributed by atoms with Crippen LogP contribution >= 0.6 is 0 Å². The van der Waals surface area contributed by atoms with Crippen LogP contribution in [-0.2, 0) is 11.2 Å². The maximum atomic E-state index is 13.4. The van der Waals surface area contributed by atoms with E-state index >= 15 is 0 Å². The van der Waals surface area contributed by atoms with Crippen LogP contribution in [0.4, 0.5) is 14.5 Å². The van der Waals surface area contributed by atoms with Gasteiger partial charge in [0.15, 0.2) is 0 Å². The van der Waals surface area contributed by atoms with E-state index in [0.717, 1.165) is 18.0 Å². The summed E-state index contributed by atoms with van der Waals surface area (Å²) in [6.45, 7) is 2.42. The summed E-state index contributed by atoms with van der Waals surface area (Å²) in [4.78, 5) is 23.0. The second-order valence-electron chi connectivity index (χ2n) is 6.31. The highest BCUT2D eigenvalue weighted by Crippen LogP contribution is 2.21. The van der Waals surface area contributed by atoms with E-state index < -0.39 is 17.7 Å². The second-order valence-corrected chi connectivity index (χ2v) is 6.31. The van der Waals surface area contributed by atoms with Crippen LogP contribution in [0.3, 0.4) is 0 Å². The van der Waals surface area contributed by atoms with Crippen LogP contribution in [0.1, 0.15) is 18.9 Å². The van der Waals surface area contributed by atoms with E-state index in [-0.39, 0.29) is 12.3 Å². The van der Waals surface area contributed by atoms with Gasteiger partial charge < -0.3 is 10.6 Å². The molecule has 2 N–H and O–H groups in total. The van der Waals surface area contributed by atoms with Crippen LogP contribution in [0, 0.1) is 11.6 Å². The van der Waals surface area contributed by atoms with Crippen molar-refractivity contribution < 1.29 is 13.6 Å². The maximum Gasteiger partial charge on any atom is 0.244 e. The van der Waals surface area contributed by atoms with Gasteiger partial charge in [0.25, 0.3) is 0 Å². The van der Waals surface area contributed by atoms with Crippen LogP contribution in [0.5, 0.6) is 0 Å². The van der Waals surface area contributed by atoms with E-state index in [1.807, 2.05) is 6.92 Å². The number of fused-ring (bicyclic) bond motifs is 1. The molecule has 2 aromatic carbocycles. The fraction of sp³-hybridized carbons (Fsp3) is 0.250.